The molecule has 2 aromatic rings. The zero-order valence-corrected chi connectivity index (χ0v) is 20.5. The molecule has 178 valence electrons. The Bertz CT molecular complexity index is 747. The fraction of sp³-hybridized carbons (Fsp3) is 0.630. The predicted molar refractivity (Wildman–Crippen MR) is 140 cm³/mol. The van der Waals surface area contributed by atoms with Crippen LogP contribution in [0.2, 0.25) is 0 Å². The zero-order valence-electron chi connectivity index (χ0n) is 20.5. The van der Waals surface area contributed by atoms with Crippen LogP contribution in [0.15, 0.2) is 30.6 Å². The number of nitrogens with one attached hydrogen (secondary N) is 2. The highest BCUT2D eigenvalue weighted by molar-refractivity contribution is 5.77. The van der Waals surface area contributed by atoms with Gasteiger partial charge in [-0.1, -0.05) is 103 Å². The molecule has 0 amide bonds. The summed E-state index contributed by atoms with van der Waals surface area (Å²) in [6.45, 7) is 5.24. The average Bonchev–Trinajstić information content (AvgIpc) is 2.79. The van der Waals surface area contributed by atoms with Crippen molar-refractivity contribution in [1.82, 2.24) is 9.97 Å². The molecule has 0 aliphatic heterocycles. The van der Waals surface area contributed by atoms with Crippen molar-refractivity contribution < 1.29 is 0 Å². The van der Waals surface area contributed by atoms with Crippen molar-refractivity contribution in [3.63, 3.8) is 0 Å². The van der Waals surface area contributed by atoms with Gasteiger partial charge in [-0.3, -0.25) is 0 Å². The molecule has 0 fully saturated rings. The second kappa shape index (κ2) is 16.3. The van der Waals surface area contributed by atoms with Crippen LogP contribution < -0.4 is 16.4 Å². The first kappa shape index (κ1) is 26.0. The van der Waals surface area contributed by atoms with E-state index in [9.17, 15) is 0 Å². The van der Waals surface area contributed by atoms with Gasteiger partial charge < -0.3 is 16.4 Å². The highest BCUT2D eigenvalue weighted by Gasteiger charge is 2.08. The second-order valence-corrected chi connectivity index (χ2v) is 9.00. The third kappa shape index (κ3) is 10.8. The number of aryl methyl sites for hydroxylation is 1. The topological polar surface area (TPSA) is 75.9 Å². The van der Waals surface area contributed by atoms with Crippen LogP contribution in [0, 0.1) is 6.92 Å². The van der Waals surface area contributed by atoms with Crippen molar-refractivity contribution in [3.05, 3.63) is 36.2 Å². The van der Waals surface area contributed by atoms with E-state index in [1.165, 1.54) is 89.0 Å². The second-order valence-electron chi connectivity index (χ2n) is 9.00. The maximum Gasteiger partial charge on any atom is 0.159 e. The van der Waals surface area contributed by atoms with E-state index in [1.54, 1.807) is 6.33 Å². The summed E-state index contributed by atoms with van der Waals surface area (Å²) in [7, 11) is 0. The van der Waals surface area contributed by atoms with Gasteiger partial charge in [-0.15, -0.1) is 0 Å². The fourth-order valence-corrected chi connectivity index (χ4v) is 4.02. The Morgan fingerprint density at radius 2 is 1.31 bits per heavy atom. The Hall–Kier alpha value is -2.30. The fourth-order valence-electron chi connectivity index (χ4n) is 4.02. The van der Waals surface area contributed by atoms with Gasteiger partial charge in [0.2, 0.25) is 0 Å². The Balaban J connectivity index is 1.51. The Morgan fingerprint density at radius 1 is 0.750 bits per heavy atom. The highest BCUT2D eigenvalue weighted by atomic mass is 15.1. The predicted octanol–water partition coefficient (Wildman–Crippen LogP) is 8.00. The van der Waals surface area contributed by atoms with E-state index in [0.717, 1.165) is 18.7 Å². The van der Waals surface area contributed by atoms with Crippen LogP contribution in [-0.2, 0) is 0 Å². The summed E-state index contributed by atoms with van der Waals surface area (Å²) in [6, 6.07) is 8.17. The first-order valence-corrected chi connectivity index (χ1v) is 12.9. The number of hydrogen-bond donors (Lipinski definition) is 3. The van der Waals surface area contributed by atoms with Crippen LogP contribution in [0.4, 0.5) is 23.0 Å². The Labute approximate surface area is 196 Å². The van der Waals surface area contributed by atoms with Gasteiger partial charge in [0.1, 0.15) is 12.0 Å². The number of unbranched alkanes of at least 4 members (excludes halogenated alkanes) is 13. The number of anilines is 4. The minimum atomic E-state index is 0.569. The van der Waals surface area contributed by atoms with E-state index >= 15 is 0 Å². The van der Waals surface area contributed by atoms with Gasteiger partial charge in [0.25, 0.3) is 0 Å². The van der Waals surface area contributed by atoms with Crippen LogP contribution in [0.3, 0.4) is 0 Å². The molecule has 2 rings (SSSR count). The van der Waals surface area contributed by atoms with Crippen LogP contribution in [0.1, 0.15) is 102 Å². The first-order valence-electron chi connectivity index (χ1n) is 12.9. The van der Waals surface area contributed by atoms with E-state index in [-0.39, 0.29) is 0 Å². The molecule has 0 bridgehead atoms. The van der Waals surface area contributed by atoms with Gasteiger partial charge in [0, 0.05) is 12.2 Å². The summed E-state index contributed by atoms with van der Waals surface area (Å²) in [4.78, 5) is 8.61. The van der Waals surface area contributed by atoms with Crippen molar-refractivity contribution >= 4 is 23.0 Å². The summed E-state index contributed by atoms with van der Waals surface area (Å²) < 4.78 is 0. The molecule has 0 spiro atoms. The van der Waals surface area contributed by atoms with Crippen molar-refractivity contribution in [2.24, 2.45) is 0 Å². The molecule has 0 saturated heterocycles. The smallest absolute Gasteiger partial charge is 0.159 e. The molecule has 0 aliphatic carbocycles. The number of rotatable bonds is 18. The van der Waals surface area contributed by atoms with Gasteiger partial charge in [0.15, 0.2) is 11.6 Å². The third-order valence-corrected chi connectivity index (χ3v) is 5.99. The number of benzene rings is 1. The van der Waals surface area contributed by atoms with E-state index < -0.39 is 0 Å². The molecular weight excluding hydrogens is 394 g/mol. The molecule has 0 radical (unpaired) electrons. The molecule has 5 nitrogen and oxygen atoms in total. The maximum absolute atomic E-state index is 6.28. The zero-order chi connectivity index (χ0) is 22.9. The summed E-state index contributed by atoms with van der Waals surface area (Å²) >= 11 is 0. The Morgan fingerprint density at radius 3 is 1.91 bits per heavy atom. The van der Waals surface area contributed by atoms with Gasteiger partial charge in [-0.2, -0.15) is 0 Å². The maximum atomic E-state index is 6.28. The SMILES string of the molecule is CCCCCCCCCCCCCCCCNc1ncnc(Nc2cccc(C)c2)c1N. The lowest BCUT2D eigenvalue weighted by molar-refractivity contribution is 0.537. The summed E-state index contributed by atoms with van der Waals surface area (Å²) in [5.41, 5.74) is 9.02. The summed E-state index contributed by atoms with van der Waals surface area (Å²) in [5.74, 6) is 1.36. The molecule has 1 heterocycles. The van der Waals surface area contributed by atoms with Crippen molar-refractivity contribution in [3.8, 4) is 0 Å². The number of aromatic nitrogens is 2. The average molecular weight is 440 g/mol. The quantitative estimate of drug-likeness (QED) is 0.205. The van der Waals surface area contributed by atoms with E-state index in [1.807, 2.05) is 12.1 Å². The van der Waals surface area contributed by atoms with Crippen molar-refractivity contribution in [2.75, 3.05) is 22.9 Å². The van der Waals surface area contributed by atoms with Crippen LogP contribution in [-0.4, -0.2) is 16.5 Å². The lowest BCUT2D eigenvalue weighted by atomic mass is 10.0. The third-order valence-electron chi connectivity index (χ3n) is 5.99. The molecule has 0 unspecified atom stereocenters. The number of nitrogen functional groups attached to an aromatic ring is 1. The summed E-state index contributed by atoms with van der Waals surface area (Å²) in [5, 5.41) is 6.67. The van der Waals surface area contributed by atoms with Gasteiger partial charge in [0.05, 0.1) is 0 Å². The van der Waals surface area contributed by atoms with E-state index in [4.69, 9.17) is 5.73 Å². The monoisotopic (exact) mass is 439 g/mol. The number of hydrogen-bond acceptors (Lipinski definition) is 5. The minimum absolute atomic E-state index is 0.569. The minimum Gasteiger partial charge on any atom is -0.393 e. The normalized spacial score (nSPS) is 10.9. The van der Waals surface area contributed by atoms with Gasteiger partial charge >= 0.3 is 0 Å². The first-order chi connectivity index (χ1) is 15.7. The number of nitrogens with zero attached hydrogens (tertiary/aromatic N) is 2. The molecule has 4 N–H and O–H groups in total. The molecule has 32 heavy (non-hydrogen) atoms. The molecular formula is C27H45N5. The lowest BCUT2D eigenvalue weighted by Crippen LogP contribution is -2.09. The van der Waals surface area contributed by atoms with E-state index in [0.29, 0.717) is 17.3 Å². The van der Waals surface area contributed by atoms with E-state index in [2.05, 4.69) is 46.6 Å². The van der Waals surface area contributed by atoms with Crippen LogP contribution >= 0.6 is 0 Å². The molecule has 0 saturated carbocycles. The van der Waals surface area contributed by atoms with Crippen LogP contribution in [0.5, 0.6) is 0 Å². The molecule has 5 heteroatoms. The molecule has 1 aromatic carbocycles. The van der Waals surface area contributed by atoms with Gasteiger partial charge in [-0.05, 0) is 31.0 Å². The number of nitrogens with two attached hydrogens (primary N) is 1. The Kier molecular flexibility index (Phi) is 13.3. The summed E-state index contributed by atoms with van der Waals surface area (Å²) in [6.07, 6.45) is 20.8. The highest BCUT2D eigenvalue weighted by Crippen LogP contribution is 2.26. The standard InChI is InChI=1S/C27H45N5/c1-3-4-5-6-7-8-9-10-11-12-13-14-15-16-20-29-26-25(28)27(31-22-30-26)32-24-19-17-18-23(2)21-24/h17-19,21-22H,3-16,20,28H2,1-2H3,(H2,29,30,31,32). The van der Waals surface area contributed by atoms with Crippen molar-refractivity contribution in [2.45, 2.75) is 104 Å². The molecule has 0 aliphatic rings. The largest absolute Gasteiger partial charge is 0.393 e. The van der Waals surface area contributed by atoms with Crippen LogP contribution in [0.25, 0.3) is 0 Å². The van der Waals surface area contributed by atoms with Gasteiger partial charge in [-0.25, -0.2) is 9.97 Å². The molecule has 0 atom stereocenters. The molecule has 1 aromatic heterocycles. The van der Waals surface area contributed by atoms with Crippen molar-refractivity contribution in [1.29, 1.82) is 0 Å². The lowest BCUT2D eigenvalue weighted by Gasteiger charge is -2.13.